The molecule has 0 atom stereocenters. The summed E-state index contributed by atoms with van der Waals surface area (Å²) in [6, 6.07) is 11.1. The molecule has 22 heavy (non-hydrogen) atoms. The van der Waals surface area contributed by atoms with Crippen molar-refractivity contribution in [2.45, 2.75) is 6.92 Å². The van der Waals surface area contributed by atoms with Crippen LogP contribution in [-0.4, -0.2) is 17.4 Å². The molecule has 0 spiro atoms. The molecule has 2 aromatic carbocycles. The van der Waals surface area contributed by atoms with Gasteiger partial charge in [0, 0.05) is 22.3 Å². The minimum Gasteiger partial charge on any atom is -0.484 e. The molecule has 6 nitrogen and oxygen atoms in total. The number of aryl methyl sites for hydroxylation is 1. The predicted octanol–water partition coefficient (Wildman–Crippen LogP) is 3.57. The van der Waals surface area contributed by atoms with Gasteiger partial charge in [-0.25, -0.2) is 0 Å². The molecular formula is C15H13ClN2O4. The van der Waals surface area contributed by atoms with E-state index in [0.717, 1.165) is 0 Å². The molecule has 0 aliphatic carbocycles. The van der Waals surface area contributed by atoms with Crippen LogP contribution in [0.2, 0.25) is 5.02 Å². The van der Waals surface area contributed by atoms with E-state index in [1.54, 1.807) is 31.2 Å². The van der Waals surface area contributed by atoms with Crippen molar-refractivity contribution in [1.82, 2.24) is 0 Å². The topological polar surface area (TPSA) is 81.5 Å². The van der Waals surface area contributed by atoms with Gasteiger partial charge in [-0.1, -0.05) is 17.7 Å². The number of carbonyl (C=O) groups excluding carboxylic acids is 1. The zero-order valence-electron chi connectivity index (χ0n) is 11.7. The van der Waals surface area contributed by atoms with E-state index in [2.05, 4.69) is 5.32 Å². The first-order valence-electron chi connectivity index (χ1n) is 6.39. The molecule has 0 saturated heterocycles. The minimum atomic E-state index is -0.467. The Hall–Kier alpha value is -2.60. The molecule has 2 rings (SSSR count). The van der Waals surface area contributed by atoms with Gasteiger partial charge in [0.05, 0.1) is 4.92 Å². The summed E-state index contributed by atoms with van der Waals surface area (Å²) < 4.78 is 5.32. The Kier molecular flexibility index (Phi) is 4.95. The number of hydrogen-bond acceptors (Lipinski definition) is 4. The van der Waals surface area contributed by atoms with Crippen LogP contribution in [0.5, 0.6) is 5.75 Å². The number of halogens is 1. The number of anilines is 1. The maximum atomic E-state index is 11.8. The van der Waals surface area contributed by atoms with E-state index in [1.807, 2.05) is 0 Å². The molecule has 1 N–H and O–H groups in total. The predicted molar refractivity (Wildman–Crippen MR) is 83.4 cm³/mol. The Morgan fingerprint density at radius 3 is 2.73 bits per heavy atom. The number of nitro groups is 1. The molecule has 0 heterocycles. The van der Waals surface area contributed by atoms with Crippen molar-refractivity contribution in [1.29, 1.82) is 0 Å². The van der Waals surface area contributed by atoms with Crippen molar-refractivity contribution in [3.05, 3.63) is 63.2 Å². The highest BCUT2D eigenvalue weighted by Gasteiger charge is 2.11. The molecule has 1 amide bonds. The van der Waals surface area contributed by atoms with E-state index in [0.29, 0.717) is 22.0 Å². The maximum absolute atomic E-state index is 11.8. The van der Waals surface area contributed by atoms with Gasteiger partial charge in [0.1, 0.15) is 5.75 Å². The lowest BCUT2D eigenvalue weighted by molar-refractivity contribution is -0.385. The SMILES string of the molecule is Cc1cc(OCC(=O)Nc2cccc(Cl)c2)ccc1[N+](=O)[O-]. The van der Waals surface area contributed by atoms with E-state index in [1.165, 1.54) is 18.2 Å². The molecule has 0 unspecified atom stereocenters. The summed E-state index contributed by atoms with van der Waals surface area (Å²) in [5.41, 5.74) is 1.05. The zero-order valence-corrected chi connectivity index (χ0v) is 12.5. The fourth-order valence-electron chi connectivity index (χ4n) is 1.83. The third kappa shape index (κ3) is 4.20. The van der Waals surface area contributed by atoms with Gasteiger partial charge in [0.2, 0.25) is 0 Å². The van der Waals surface area contributed by atoms with Crippen LogP contribution >= 0.6 is 11.6 Å². The molecule has 0 aliphatic rings. The molecule has 0 aliphatic heterocycles. The molecule has 0 bridgehead atoms. The Balaban J connectivity index is 1.94. The van der Waals surface area contributed by atoms with E-state index < -0.39 is 4.92 Å². The number of nitrogens with one attached hydrogen (secondary N) is 1. The molecule has 2 aromatic rings. The molecule has 0 aromatic heterocycles. The van der Waals surface area contributed by atoms with Crippen LogP contribution in [0.25, 0.3) is 0 Å². The van der Waals surface area contributed by atoms with E-state index in [9.17, 15) is 14.9 Å². The average molecular weight is 321 g/mol. The number of rotatable bonds is 5. The molecule has 0 fully saturated rings. The highest BCUT2D eigenvalue weighted by Crippen LogP contribution is 2.23. The van der Waals surface area contributed by atoms with Crippen LogP contribution in [0.1, 0.15) is 5.56 Å². The Labute approximate surface area is 131 Å². The van der Waals surface area contributed by atoms with E-state index >= 15 is 0 Å². The van der Waals surface area contributed by atoms with Crippen LogP contribution in [0, 0.1) is 17.0 Å². The molecule has 0 radical (unpaired) electrons. The quantitative estimate of drug-likeness (QED) is 0.674. The lowest BCUT2D eigenvalue weighted by Gasteiger charge is -2.08. The lowest BCUT2D eigenvalue weighted by atomic mass is 10.2. The lowest BCUT2D eigenvalue weighted by Crippen LogP contribution is -2.20. The Bertz CT molecular complexity index is 718. The summed E-state index contributed by atoms with van der Waals surface area (Å²) in [4.78, 5) is 22.0. The number of nitro benzene ring substituents is 1. The summed E-state index contributed by atoms with van der Waals surface area (Å²) >= 11 is 5.82. The normalized spacial score (nSPS) is 10.1. The summed E-state index contributed by atoms with van der Waals surface area (Å²) in [5.74, 6) is 0.0441. The number of carbonyl (C=O) groups is 1. The summed E-state index contributed by atoms with van der Waals surface area (Å²) in [6.45, 7) is 1.40. The Morgan fingerprint density at radius 1 is 1.32 bits per heavy atom. The van der Waals surface area contributed by atoms with Crippen LogP contribution in [0.15, 0.2) is 42.5 Å². The third-order valence-corrected chi connectivity index (χ3v) is 3.08. The first kappa shape index (κ1) is 15.8. The zero-order chi connectivity index (χ0) is 16.1. The molecule has 7 heteroatoms. The highest BCUT2D eigenvalue weighted by atomic mass is 35.5. The van der Waals surface area contributed by atoms with Crippen molar-refractivity contribution in [2.24, 2.45) is 0 Å². The second-order valence-corrected chi connectivity index (χ2v) is 4.99. The monoisotopic (exact) mass is 320 g/mol. The van der Waals surface area contributed by atoms with Crippen molar-refractivity contribution < 1.29 is 14.5 Å². The minimum absolute atomic E-state index is 0.00993. The van der Waals surface area contributed by atoms with Crippen molar-refractivity contribution >= 4 is 28.9 Å². The van der Waals surface area contributed by atoms with Gasteiger partial charge < -0.3 is 10.1 Å². The van der Waals surface area contributed by atoms with Gasteiger partial charge in [0.25, 0.3) is 11.6 Å². The average Bonchev–Trinajstić information content (AvgIpc) is 2.45. The van der Waals surface area contributed by atoms with Crippen molar-refractivity contribution in [3.63, 3.8) is 0 Å². The van der Waals surface area contributed by atoms with Gasteiger partial charge in [0.15, 0.2) is 6.61 Å². The van der Waals surface area contributed by atoms with Gasteiger partial charge in [-0.15, -0.1) is 0 Å². The molecule has 0 saturated carbocycles. The number of benzene rings is 2. The van der Waals surface area contributed by atoms with E-state index in [4.69, 9.17) is 16.3 Å². The largest absolute Gasteiger partial charge is 0.484 e. The summed E-state index contributed by atoms with van der Waals surface area (Å²) in [7, 11) is 0. The fourth-order valence-corrected chi connectivity index (χ4v) is 2.03. The van der Waals surface area contributed by atoms with Gasteiger partial charge in [-0.05, 0) is 37.3 Å². The van der Waals surface area contributed by atoms with E-state index in [-0.39, 0.29) is 18.2 Å². The smallest absolute Gasteiger partial charge is 0.272 e. The van der Waals surface area contributed by atoms with Crippen molar-refractivity contribution in [3.8, 4) is 5.75 Å². The highest BCUT2D eigenvalue weighted by molar-refractivity contribution is 6.30. The van der Waals surface area contributed by atoms with Crippen LogP contribution in [-0.2, 0) is 4.79 Å². The number of ether oxygens (including phenoxy) is 1. The van der Waals surface area contributed by atoms with Crippen LogP contribution in [0.4, 0.5) is 11.4 Å². The first-order chi connectivity index (χ1) is 10.5. The third-order valence-electron chi connectivity index (χ3n) is 2.84. The second-order valence-electron chi connectivity index (χ2n) is 4.55. The number of hydrogen-bond donors (Lipinski definition) is 1. The maximum Gasteiger partial charge on any atom is 0.272 e. The number of amides is 1. The molecular weight excluding hydrogens is 308 g/mol. The van der Waals surface area contributed by atoms with Crippen LogP contribution < -0.4 is 10.1 Å². The first-order valence-corrected chi connectivity index (χ1v) is 6.77. The summed E-state index contributed by atoms with van der Waals surface area (Å²) in [6.07, 6.45) is 0. The summed E-state index contributed by atoms with van der Waals surface area (Å²) in [5, 5.41) is 13.9. The fraction of sp³-hybridized carbons (Fsp3) is 0.133. The van der Waals surface area contributed by atoms with Crippen LogP contribution in [0.3, 0.4) is 0 Å². The number of nitrogens with zero attached hydrogens (tertiary/aromatic N) is 1. The Morgan fingerprint density at radius 2 is 2.09 bits per heavy atom. The van der Waals surface area contributed by atoms with Gasteiger partial charge in [-0.2, -0.15) is 0 Å². The molecule has 114 valence electrons. The standard InChI is InChI=1S/C15H13ClN2O4/c1-10-7-13(5-6-14(10)18(20)21)22-9-15(19)17-12-4-2-3-11(16)8-12/h2-8H,9H2,1H3,(H,17,19). The van der Waals surface area contributed by atoms with Gasteiger partial charge >= 0.3 is 0 Å². The second kappa shape index (κ2) is 6.91. The van der Waals surface area contributed by atoms with Gasteiger partial charge in [-0.3, -0.25) is 14.9 Å². The van der Waals surface area contributed by atoms with Crippen molar-refractivity contribution in [2.75, 3.05) is 11.9 Å².